The highest BCUT2D eigenvalue weighted by molar-refractivity contribution is 9.10. The second-order valence-electron chi connectivity index (χ2n) is 3.14. The van der Waals surface area contributed by atoms with Gasteiger partial charge in [-0.1, -0.05) is 0 Å². The zero-order valence-electron chi connectivity index (χ0n) is 7.74. The van der Waals surface area contributed by atoms with Gasteiger partial charge in [0.2, 0.25) is 0 Å². The molecule has 0 bridgehead atoms. The molecule has 2 aromatic rings. The third kappa shape index (κ3) is 1.65. The first-order valence-electron chi connectivity index (χ1n) is 4.23. The van der Waals surface area contributed by atoms with E-state index in [4.69, 9.17) is 5.73 Å². The fourth-order valence-electron chi connectivity index (χ4n) is 1.24. The quantitative estimate of drug-likeness (QED) is 0.792. The van der Waals surface area contributed by atoms with Gasteiger partial charge in [0.05, 0.1) is 16.4 Å². The molecule has 0 spiro atoms. The molecule has 2 rings (SSSR count). The molecule has 0 fully saturated rings. The highest BCUT2D eigenvalue weighted by Crippen LogP contribution is 2.17. The van der Waals surface area contributed by atoms with Crippen LogP contribution < -0.4 is 5.73 Å². The number of nitrogens with two attached hydrogens (primary N) is 1. The second kappa shape index (κ2) is 3.46. The molecule has 0 unspecified atom stereocenters. The van der Waals surface area contributed by atoms with Gasteiger partial charge in [0.1, 0.15) is 0 Å². The lowest BCUT2D eigenvalue weighted by Gasteiger charge is -2.04. The van der Waals surface area contributed by atoms with Crippen LogP contribution in [0.3, 0.4) is 0 Å². The van der Waals surface area contributed by atoms with Crippen LogP contribution in [0.4, 0.5) is 5.69 Å². The molecule has 0 saturated carbocycles. The van der Waals surface area contributed by atoms with Crippen molar-refractivity contribution in [2.75, 3.05) is 5.73 Å². The summed E-state index contributed by atoms with van der Waals surface area (Å²) in [5, 5.41) is 4.19. The number of halogens is 1. The lowest BCUT2D eigenvalue weighted by Crippen LogP contribution is -1.96. The zero-order chi connectivity index (χ0) is 10.1. The van der Waals surface area contributed by atoms with Crippen LogP contribution in [-0.4, -0.2) is 9.78 Å². The fraction of sp³-hybridized carbons (Fsp3) is 0.100. The van der Waals surface area contributed by atoms with E-state index in [1.54, 1.807) is 10.9 Å². The normalized spacial score (nSPS) is 10.4. The fourth-order valence-corrected chi connectivity index (χ4v) is 1.53. The van der Waals surface area contributed by atoms with E-state index in [1.807, 2.05) is 31.3 Å². The largest absolute Gasteiger partial charge is 0.399 e. The van der Waals surface area contributed by atoms with Crippen molar-refractivity contribution >= 4 is 21.6 Å². The Morgan fingerprint density at radius 3 is 2.79 bits per heavy atom. The zero-order valence-corrected chi connectivity index (χ0v) is 9.32. The minimum Gasteiger partial charge on any atom is -0.399 e. The molecule has 0 amide bonds. The standard InChI is InChI=1S/C10H10BrN3/c1-7-4-9(2-3-10(7)12)14-6-8(11)5-13-14/h2-6H,12H2,1H3. The summed E-state index contributed by atoms with van der Waals surface area (Å²) in [6, 6.07) is 5.84. The molecule has 1 aromatic carbocycles. The van der Waals surface area contributed by atoms with Crippen LogP contribution in [0.15, 0.2) is 35.1 Å². The van der Waals surface area contributed by atoms with Crippen molar-refractivity contribution in [3.05, 3.63) is 40.6 Å². The van der Waals surface area contributed by atoms with Crippen LogP contribution in [0.25, 0.3) is 5.69 Å². The molecular weight excluding hydrogens is 242 g/mol. The van der Waals surface area contributed by atoms with E-state index >= 15 is 0 Å². The van der Waals surface area contributed by atoms with Crippen molar-refractivity contribution < 1.29 is 0 Å². The molecule has 2 N–H and O–H groups in total. The predicted octanol–water partition coefficient (Wildman–Crippen LogP) is 2.53. The molecule has 0 aliphatic carbocycles. The van der Waals surface area contributed by atoms with E-state index in [-0.39, 0.29) is 0 Å². The van der Waals surface area contributed by atoms with Crippen LogP contribution in [0.1, 0.15) is 5.56 Å². The van der Waals surface area contributed by atoms with Crippen molar-refractivity contribution in [3.8, 4) is 5.69 Å². The molecule has 4 heteroatoms. The van der Waals surface area contributed by atoms with E-state index in [1.165, 1.54) is 0 Å². The highest BCUT2D eigenvalue weighted by atomic mass is 79.9. The number of aromatic nitrogens is 2. The number of hydrogen-bond acceptors (Lipinski definition) is 2. The lowest BCUT2D eigenvalue weighted by molar-refractivity contribution is 0.879. The maximum atomic E-state index is 5.73. The molecule has 0 saturated heterocycles. The minimum atomic E-state index is 0.806. The molecule has 72 valence electrons. The molecule has 0 aliphatic rings. The lowest BCUT2D eigenvalue weighted by atomic mass is 10.2. The van der Waals surface area contributed by atoms with Crippen LogP contribution >= 0.6 is 15.9 Å². The number of nitrogen functional groups attached to an aromatic ring is 1. The first-order valence-corrected chi connectivity index (χ1v) is 5.03. The van der Waals surface area contributed by atoms with Gasteiger partial charge in [-0.2, -0.15) is 5.10 Å². The molecule has 0 atom stereocenters. The predicted molar refractivity (Wildman–Crippen MR) is 60.4 cm³/mol. The molecule has 1 aromatic heterocycles. The summed E-state index contributed by atoms with van der Waals surface area (Å²) in [6.45, 7) is 1.98. The van der Waals surface area contributed by atoms with Crippen LogP contribution in [0.2, 0.25) is 0 Å². The van der Waals surface area contributed by atoms with Gasteiger partial charge in [-0.3, -0.25) is 0 Å². The Bertz CT molecular complexity index is 462. The summed E-state index contributed by atoms with van der Waals surface area (Å²) < 4.78 is 2.77. The monoisotopic (exact) mass is 251 g/mol. The summed E-state index contributed by atoms with van der Waals surface area (Å²) in [6.07, 6.45) is 3.66. The Hall–Kier alpha value is -1.29. The number of aryl methyl sites for hydroxylation is 1. The summed E-state index contributed by atoms with van der Waals surface area (Å²) in [7, 11) is 0. The summed E-state index contributed by atoms with van der Waals surface area (Å²) in [4.78, 5) is 0. The minimum absolute atomic E-state index is 0.806. The SMILES string of the molecule is Cc1cc(-n2cc(Br)cn2)ccc1N. The maximum absolute atomic E-state index is 5.73. The van der Waals surface area contributed by atoms with Gasteiger partial charge in [0, 0.05) is 11.9 Å². The average molecular weight is 252 g/mol. The number of nitrogens with zero attached hydrogens (tertiary/aromatic N) is 2. The van der Waals surface area contributed by atoms with Crippen molar-refractivity contribution in [2.24, 2.45) is 0 Å². The Morgan fingerprint density at radius 1 is 1.43 bits per heavy atom. The van der Waals surface area contributed by atoms with E-state index in [2.05, 4.69) is 21.0 Å². The molecule has 3 nitrogen and oxygen atoms in total. The second-order valence-corrected chi connectivity index (χ2v) is 4.06. The number of rotatable bonds is 1. The topological polar surface area (TPSA) is 43.8 Å². The number of benzene rings is 1. The van der Waals surface area contributed by atoms with Crippen LogP contribution in [0.5, 0.6) is 0 Å². The summed E-state index contributed by atoms with van der Waals surface area (Å²) >= 11 is 3.35. The first-order chi connectivity index (χ1) is 6.66. The van der Waals surface area contributed by atoms with Gasteiger partial charge >= 0.3 is 0 Å². The molecule has 0 aliphatic heterocycles. The Balaban J connectivity index is 2.47. The van der Waals surface area contributed by atoms with Crippen molar-refractivity contribution in [1.82, 2.24) is 9.78 Å². The van der Waals surface area contributed by atoms with E-state index < -0.39 is 0 Å². The molecule has 14 heavy (non-hydrogen) atoms. The van der Waals surface area contributed by atoms with Crippen molar-refractivity contribution in [2.45, 2.75) is 6.92 Å². The Kier molecular flexibility index (Phi) is 2.29. The van der Waals surface area contributed by atoms with Gasteiger partial charge in [0.25, 0.3) is 0 Å². The summed E-state index contributed by atoms with van der Waals surface area (Å²) in [5.41, 5.74) is 8.62. The number of anilines is 1. The van der Waals surface area contributed by atoms with E-state index in [0.29, 0.717) is 0 Å². The van der Waals surface area contributed by atoms with Gasteiger partial charge in [-0.15, -0.1) is 0 Å². The first kappa shape index (κ1) is 9.27. The van der Waals surface area contributed by atoms with E-state index in [0.717, 1.165) is 21.4 Å². The number of hydrogen-bond donors (Lipinski definition) is 1. The molecule has 0 radical (unpaired) electrons. The van der Waals surface area contributed by atoms with Gasteiger partial charge in [-0.25, -0.2) is 4.68 Å². The van der Waals surface area contributed by atoms with E-state index in [9.17, 15) is 0 Å². The van der Waals surface area contributed by atoms with Gasteiger partial charge in [0.15, 0.2) is 0 Å². The smallest absolute Gasteiger partial charge is 0.0650 e. The van der Waals surface area contributed by atoms with Crippen LogP contribution in [0, 0.1) is 6.92 Å². The third-order valence-corrected chi connectivity index (χ3v) is 2.48. The third-order valence-electron chi connectivity index (χ3n) is 2.07. The van der Waals surface area contributed by atoms with Gasteiger partial charge < -0.3 is 5.73 Å². The highest BCUT2D eigenvalue weighted by Gasteiger charge is 2.00. The Morgan fingerprint density at radius 2 is 2.21 bits per heavy atom. The molecule has 1 heterocycles. The van der Waals surface area contributed by atoms with Gasteiger partial charge in [-0.05, 0) is 46.6 Å². The Labute approximate surface area is 90.7 Å². The average Bonchev–Trinajstić information content (AvgIpc) is 2.57. The van der Waals surface area contributed by atoms with Crippen molar-refractivity contribution in [3.63, 3.8) is 0 Å². The maximum Gasteiger partial charge on any atom is 0.0650 e. The summed E-state index contributed by atoms with van der Waals surface area (Å²) in [5.74, 6) is 0. The van der Waals surface area contributed by atoms with Crippen LogP contribution in [-0.2, 0) is 0 Å². The van der Waals surface area contributed by atoms with Crippen molar-refractivity contribution in [1.29, 1.82) is 0 Å². The molecular formula is C10H10BrN3.